The molecule has 3 rings (SSSR count). The fourth-order valence-corrected chi connectivity index (χ4v) is 3.63. The zero-order chi connectivity index (χ0) is 11.8. The number of fused-ring (bicyclic) bond motifs is 1. The Bertz CT molecular complexity index is 430. The Morgan fingerprint density at radius 2 is 2.18 bits per heavy atom. The van der Waals surface area contributed by atoms with Gasteiger partial charge in [0.2, 0.25) is 0 Å². The van der Waals surface area contributed by atoms with Crippen LogP contribution in [0.4, 0.5) is 0 Å². The molecule has 2 unspecified atom stereocenters. The third kappa shape index (κ3) is 2.28. The Balaban J connectivity index is 1.87. The van der Waals surface area contributed by atoms with E-state index in [1.54, 1.807) is 0 Å². The lowest BCUT2D eigenvalue weighted by molar-refractivity contribution is 0.351. The lowest BCUT2D eigenvalue weighted by Crippen LogP contribution is -2.10. The number of alkyl halides is 1. The van der Waals surface area contributed by atoms with Gasteiger partial charge in [0.05, 0.1) is 6.61 Å². The van der Waals surface area contributed by atoms with Gasteiger partial charge in [0.1, 0.15) is 5.75 Å². The molecule has 0 radical (unpaired) electrons. The van der Waals surface area contributed by atoms with E-state index in [2.05, 4.69) is 0 Å². The molecular weight excluding hydrogens is 255 g/mol. The van der Waals surface area contributed by atoms with Gasteiger partial charge >= 0.3 is 0 Å². The number of rotatable bonds is 2. The topological polar surface area (TPSA) is 9.23 Å². The van der Waals surface area contributed by atoms with E-state index in [1.807, 2.05) is 12.1 Å². The van der Waals surface area contributed by atoms with E-state index in [-0.39, 0.29) is 0 Å². The Kier molecular flexibility index (Phi) is 3.23. The van der Waals surface area contributed by atoms with Crippen LogP contribution in [0.3, 0.4) is 0 Å². The zero-order valence-corrected chi connectivity index (χ0v) is 11.2. The molecule has 1 nitrogen and oxygen atoms in total. The highest BCUT2D eigenvalue weighted by molar-refractivity contribution is 6.30. The Labute approximate surface area is 112 Å². The minimum atomic E-state index is 0.325. The molecule has 1 aliphatic carbocycles. The largest absolute Gasteiger partial charge is 0.493 e. The van der Waals surface area contributed by atoms with Crippen molar-refractivity contribution in [1.29, 1.82) is 0 Å². The molecule has 0 bridgehead atoms. The summed E-state index contributed by atoms with van der Waals surface area (Å²) in [6, 6.07) is 4.08. The quantitative estimate of drug-likeness (QED) is 0.731. The van der Waals surface area contributed by atoms with Crippen molar-refractivity contribution < 1.29 is 4.74 Å². The number of benzene rings is 1. The van der Waals surface area contributed by atoms with E-state index in [9.17, 15) is 0 Å². The van der Waals surface area contributed by atoms with Crippen molar-refractivity contribution >= 4 is 23.2 Å². The summed E-state index contributed by atoms with van der Waals surface area (Å²) in [4.78, 5) is 0. The van der Waals surface area contributed by atoms with Gasteiger partial charge in [0.15, 0.2) is 0 Å². The maximum absolute atomic E-state index is 6.35. The summed E-state index contributed by atoms with van der Waals surface area (Å²) in [6.45, 7) is 0.789. The maximum Gasteiger partial charge on any atom is 0.125 e. The number of ether oxygens (including phenoxy) is 1. The highest BCUT2D eigenvalue weighted by Gasteiger charge is 2.27. The Morgan fingerprint density at radius 3 is 2.94 bits per heavy atom. The lowest BCUT2D eigenvalue weighted by Gasteiger charge is -2.16. The van der Waals surface area contributed by atoms with Gasteiger partial charge in [0.25, 0.3) is 0 Å². The molecule has 1 aromatic carbocycles. The fourth-order valence-electron chi connectivity index (χ4n) is 3.00. The molecule has 1 heterocycles. The maximum atomic E-state index is 6.35. The van der Waals surface area contributed by atoms with Gasteiger partial charge in [-0.05, 0) is 48.4 Å². The third-order valence-electron chi connectivity index (χ3n) is 3.87. The Hall–Kier alpha value is -0.400. The smallest absolute Gasteiger partial charge is 0.125 e. The van der Waals surface area contributed by atoms with Gasteiger partial charge in [-0.25, -0.2) is 0 Å². The van der Waals surface area contributed by atoms with Gasteiger partial charge in [-0.1, -0.05) is 18.0 Å². The van der Waals surface area contributed by atoms with E-state index in [0.29, 0.717) is 11.3 Å². The van der Waals surface area contributed by atoms with E-state index < -0.39 is 0 Å². The zero-order valence-electron chi connectivity index (χ0n) is 9.72. The molecule has 0 spiro atoms. The first kappa shape index (κ1) is 11.7. The van der Waals surface area contributed by atoms with Crippen LogP contribution >= 0.6 is 23.2 Å². The molecule has 92 valence electrons. The van der Waals surface area contributed by atoms with Crippen LogP contribution in [0, 0.1) is 5.92 Å². The predicted octanol–water partition coefficient (Wildman–Crippen LogP) is 4.22. The van der Waals surface area contributed by atoms with Crippen LogP contribution in [0.15, 0.2) is 12.1 Å². The molecule has 17 heavy (non-hydrogen) atoms. The first-order chi connectivity index (χ1) is 8.24. The van der Waals surface area contributed by atoms with Gasteiger partial charge in [0, 0.05) is 16.8 Å². The molecule has 3 heteroatoms. The third-order valence-corrected chi connectivity index (χ3v) is 4.67. The van der Waals surface area contributed by atoms with Crippen LogP contribution in [-0.2, 0) is 12.8 Å². The average molecular weight is 271 g/mol. The van der Waals surface area contributed by atoms with Crippen molar-refractivity contribution in [2.75, 3.05) is 6.61 Å². The Morgan fingerprint density at radius 1 is 1.29 bits per heavy atom. The van der Waals surface area contributed by atoms with Crippen molar-refractivity contribution in [3.05, 3.63) is 28.3 Å². The number of hydrogen-bond donors (Lipinski definition) is 0. The highest BCUT2D eigenvalue weighted by atomic mass is 35.5. The van der Waals surface area contributed by atoms with Crippen LogP contribution in [0.25, 0.3) is 0 Å². The molecule has 0 aromatic heterocycles. The molecule has 2 aliphatic rings. The summed E-state index contributed by atoms with van der Waals surface area (Å²) in [7, 11) is 0. The molecule has 1 saturated carbocycles. The summed E-state index contributed by atoms with van der Waals surface area (Å²) in [5.41, 5.74) is 2.51. The standard InChI is InChI=1S/C14H16Cl2O/c15-12-7-10-4-5-17-14(10)11(8-12)6-9-2-1-3-13(9)16/h7-9,13H,1-6H2. The normalized spacial score (nSPS) is 26.9. The van der Waals surface area contributed by atoms with E-state index in [0.717, 1.165) is 36.6 Å². The summed E-state index contributed by atoms with van der Waals surface area (Å²) in [5, 5.41) is 1.15. The first-order valence-electron chi connectivity index (χ1n) is 6.32. The van der Waals surface area contributed by atoms with E-state index in [1.165, 1.54) is 24.0 Å². The lowest BCUT2D eigenvalue weighted by atomic mass is 9.95. The number of hydrogen-bond acceptors (Lipinski definition) is 1. The minimum absolute atomic E-state index is 0.325. The summed E-state index contributed by atoms with van der Waals surface area (Å²) in [5.74, 6) is 1.66. The average Bonchev–Trinajstić information content (AvgIpc) is 2.88. The molecule has 1 aromatic rings. The van der Waals surface area contributed by atoms with Gasteiger partial charge in [-0.15, -0.1) is 11.6 Å². The molecular formula is C14H16Cl2O. The summed E-state index contributed by atoms with van der Waals surface area (Å²) in [6.07, 6.45) is 5.63. The van der Waals surface area contributed by atoms with Crippen molar-refractivity contribution in [2.45, 2.75) is 37.5 Å². The predicted molar refractivity (Wildman–Crippen MR) is 71.3 cm³/mol. The van der Waals surface area contributed by atoms with E-state index >= 15 is 0 Å². The van der Waals surface area contributed by atoms with Crippen LogP contribution < -0.4 is 4.74 Å². The van der Waals surface area contributed by atoms with Crippen LogP contribution in [0.2, 0.25) is 5.02 Å². The SMILES string of the molecule is Clc1cc2c(c(CC3CCCC3Cl)c1)OCC2. The first-order valence-corrected chi connectivity index (χ1v) is 7.13. The van der Waals surface area contributed by atoms with Gasteiger partial charge in [-0.2, -0.15) is 0 Å². The van der Waals surface area contributed by atoms with E-state index in [4.69, 9.17) is 27.9 Å². The molecule has 0 saturated heterocycles. The fraction of sp³-hybridized carbons (Fsp3) is 0.571. The van der Waals surface area contributed by atoms with Crippen molar-refractivity contribution in [1.82, 2.24) is 0 Å². The van der Waals surface area contributed by atoms with Crippen molar-refractivity contribution in [3.63, 3.8) is 0 Å². The minimum Gasteiger partial charge on any atom is -0.493 e. The van der Waals surface area contributed by atoms with Gasteiger partial charge < -0.3 is 4.74 Å². The highest BCUT2D eigenvalue weighted by Crippen LogP contribution is 2.38. The molecule has 0 amide bonds. The second kappa shape index (κ2) is 4.70. The van der Waals surface area contributed by atoms with Crippen molar-refractivity contribution in [3.8, 4) is 5.75 Å². The summed E-state index contributed by atoms with van der Waals surface area (Å²) >= 11 is 12.5. The van der Waals surface area contributed by atoms with Crippen LogP contribution in [0.5, 0.6) is 5.75 Å². The summed E-state index contributed by atoms with van der Waals surface area (Å²) < 4.78 is 5.73. The molecule has 1 aliphatic heterocycles. The molecule has 0 N–H and O–H groups in total. The van der Waals surface area contributed by atoms with Gasteiger partial charge in [-0.3, -0.25) is 0 Å². The second-order valence-corrected chi connectivity index (χ2v) is 6.06. The van der Waals surface area contributed by atoms with Crippen molar-refractivity contribution in [2.24, 2.45) is 5.92 Å². The monoisotopic (exact) mass is 270 g/mol. The second-order valence-electron chi connectivity index (χ2n) is 5.06. The molecule has 1 fully saturated rings. The molecule has 2 atom stereocenters. The number of halogens is 2. The van der Waals surface area contributed by atoms with Crippen LogP contribution in [-0.4, -0.2) is 12.0 Å². The van der Waals surface area contributed by atoms with Crippen LogP contribution in [0.1, 0.15) is 30.4 Å².